The highest BCUT2D eigenvalue weighted by atomic mass is 79.9. The molecule has 9 atom stereocenters. The third-order valence-electron chi connectivity index (χ3n) is 10.3. The number of nitrogens with one attached hydrogen (secondary N) is 1. The number of hydrogen-bond acceptors (Lipinski definition) is 7. The lowest BCUT2D eigenvalue weighted by Crippen LogP contribution is -2.60. The molecular weight excluding hydrogens is 726 g/mol. The number of aliphatic hydroxyl groups is 1. The molecule has 0 aromatic heterocycles. The van der Waals surface area contributed by atoms with Gasteiger partial charge in [-0.05, 0) is 36.5 Å². The van der Waals surface area contributed by atoms with Crippen LogP contribution in [0, 0.1) is 17.8 Å². The largest absolute Gasteiger partial charge is 0.463 e. The predicted octanol–water partition coefficient (Wildman–Crippen LogP) is 5.38. The molecular formula is C38H45BrClN3O7. The smallest absolute Gasteiger partial charge is 0.306 e. The summed E-state index contributed by atoms with van der Waals surface area (Å²) in [4.78, 5) is 59.3. The molecule has 3 aliphatic rings. The van der Waals surface area contributed by atoms with E-state index in [4.69, 9.17) is 21.1 Å². The molecule has 268 valence electrons. The average molecular weight is 771 g/mol. The van der Waals surface area contributed by atoms with E-state index in [9.17, 15) is 24.3 Å². The lowest BCUT2D eigenvalue weighted by molar-refractivity contribution is -0.147. The van der Waals surface area contributed by atoms with Crippen molar-refractivity contribution < 1.29 is 33.8 Å². The number of esters is 1. The first-order valence-corrected chi connectivity index (χ1v) is 18.4. The SMILES string of the molecule is C=CCCC(=O)OC[C@H](NC(=O)[C@H]1[C@@H]2O[C@@]3(CC2Br)[C@@H]1C(=O)N([C@@H](CO)[C@@H](C)CC)[C@@H]3C(=O)N(CC=C)c1ccccc1Cl)c1ccccc1. The summed E-state index contributed by atoms with van der Waals surface area (Å²) in [7, 11) is 0. The van der Waals surface area contributed by atoms with E-state index in [1.807, 2.05) is 44.2 Å². The molecule has 10 nitrogen and oxygen atoms in total. The molecule has 2 aromatic rings. The van der Waals surface area contributed by atoms with Crippen molar-refractivity contribution in [2.45, 2.75) is 74.2 Å². The summed E-state index contributed by atoms with van der Waals surface area (Å²) in [6.07, 6.45) is 4.03. The van der Waals surface area contributed by atoms with Gasteiger partial charge in [-0.25, -0.2) is 0 Å². The normalized spacial score (nSPS) is 26.9. The summed E-state index contributed by atoms with van der Waals surface area (Å²) in [6, 6.07) is 13.5. The minimum atomic E-state index is -1.38. The molecule has 5 rings (SSSR count). The number of ether oxygens (including phenoxy) is 2. The lowest BCUT2D eigenvalue weighted by atomic mass is 9.70. The number of likely N-dealkylation sites (tertiary alicyclic amines) is 1. The van der Waals surface area contributed by atoms with Gasteiger partial charge in [-0.1, -0.05) is 102 Å². The van der Waals surface area contributed by atoms with E-state index in [-0.39, 0.29) is 43.3 Å². The zero-order valence-corrected chi connectivity index (χ0v) is 30.7. The molecule has 2 N–H and O–H groups in total. The van der Waals surface area contributed by atoms with Crippen molar-refractivity contribution in [1.29, 1.82) is 0 Å². The van der Waals surface area contributed by atoms with Crippen LogP contribution in [0.4, 0.5) is 5.69 Å². The Kier molecular flexibility index (Phi) is 12.2. The van der Waals surface area contributed by atoms with Crippen molar-refractivity contribution in [2.24, 2.45) is 17.8 Å². The molecule has 0 saturated carbocycles. The van der Waals surface area contributed by atoms with Crippen molar-refractivity contribution in [3.8, 4) is 0 Å². The topological polar surface area (TPSA) is 125 Å². The lowest BCUT2D eigenvalue weighted by Gasteiger charge is -2.41. The number of aliphatic hydroxyl groups excluding tert-OH is 1. The number of carbonyl (C=O) groups excluding carboxylic acids is 4. The molecule has 3 amide bonds. The molecule has 3 saturated heterocycles. The molecule has 1 unspecified atom stereocenters. The summed E-state index contributed by atoms with van der Waals surface area (Å²) < 4.78 is 12.3. The number of rotatable bonds is 16. The molecule has 2 aromatic carbocycles. The summed E-state index contributed by atoms with van der Waals surface area (Å²) in [6.45, 7) is 11.0. The van der Waals surface area contributed by atoms with Gasteiger partial charge in [-0.2, -0.15) is 0 Å². The molecule has 3 fully saturated rings. The summed E-state index contributed by atoms with van der Waals surface area (Å²) in [5.74, 6) is -3.91. The van der Waals surface area contributed by atoms with Crippen LogP contribution in [0.15, 0.2) is 79.9 Å². The van der Waals surface area contributed by atoms with E-state index in [0.717, 1.165) is 5.56 Å². The van der Waals surface area contributed by atoms with Gasteiger partial charge in [0, 0.05) is 17.8 Å². The quantitative estimate of drug-likeness (QED) is 0.134. The van der Waals surface area contributed by atoms with Gasteiger partial charge in [0.2, 0.25) is 11.8 Å². The molecule has 12 heteroatoms. The number of amides is 3. The van der Waals surface area contributed by atoms with Crippen LogP contribution < -0.4 is 10.2 Å². The summed E-state index contributed by atoms with van der Waals surface area (Å²) >= 11 is 10.3. The number of alkyl halides is 1. The Labute approximate surface area is 306 Å². The van der Waals surface area contributed by atoms with Crippen LogP contribution in [0.1, 0.15) is 51.1 Å². The highest BCUT2D eigenvalue weighted by molar-refractivity contribution is 9.09. The van der Waals surface area contributed by atoms with Gasteiger partial charge in [0.1, 0.15) is 18.2 Å². The van der Waals surface area contributed by atoms with Crippen LogP contribution in [-0.4, -0.2) is 82.1 Å². The second kappa shape index (κ2) is 16.2. The Bertz CT molecular complexity index is 1590. The van der Waals surface area contributed by atoms with Gasteiger partial charge in [-0.15, -0.1) is 13.2 Å². The fourth-order valence-electron chi connectivity index (χ4n) is 7.72. The molecule has 2 bridgehead atoms. The van der Waals surface area contributed by atoms with E-state index in [1.165, 1.54) is 9.80 Å². The van der Waals surface area contributed by atoms with Crippen molar-refractivity contribution >= 4 is 56.9 Å². The molecule has 3 heterocycles. The van der Waals surface area contributed by atoms with Crippen molar-refractivity contribution in [1.82, 2.24) is 10.2 Å². The van der Waals surface area contributed by atoms with E-state index < -0.39 is 65.4 Å². The number of carbonyl (C=O) groups is 4. The predicted molar refractivity (Wildman–Crippen MR) is 195 cm³/mol. The van der Waals surface area contributed by atoms with Crippen molar-refractivity contribution in [3.05, 3.63) is 90.5 Å². The number of para-hydroxylation sites is 1. The third-order valence-corrected chi connectivity index (χ3v) is 11.5. The molecule has 50 heavy (non-hydrogen) atoms. The van der Waals surface area contributed by atoms with Crippen molar-refractivity contribution in [2.75, 3.05) is 24.7 Å². The molecule has 0 aliphatic carbocycles. The highest BCUT2D eigenvalue weighted by Crippen LogP contribution is 2.61. The van der Waals surface area contributed by atoms with Gasteiger partial charge < -0.3 is 29.7 Å². The Morgan fingerprint density at radius 1 is 1.18 bits per heavy atom. The fraction of sp³-hybridized carbons (Fsp3) is 0.474. The third kappa shape index (κ3) is 7.02. The van der Waals surface area contributed by atoms with Crippen LogP contribution in [-0.2, 0) is 28.7 Å². The first-order chi connectivity index (χ1) is 24.0. The number of nitrogens with zero attached hydrogens (tertiary/aromatic N) is 2. The van der Waals surface area contributed by atoms with Gasteiger partial charge >= 0.3 is 5.97 Å². The van der Waals surface area contributed by atoms with Crippen LogP contribution >= 0.6 is 27.5 Å². The maximum atomic E-state index is 15.0. The Hall–Kier alpha value is -3.51. The average Bonchev–Trinajstić information content (AvgIpc) is 3.72. The van der Waals surface area contributed by atoms with E-state index in [0.29, 0.717) is 23.6 Å². The molecule has 0 radical (unpaired) electrons. The zero-order chi connectivity index (χ0) is 36.2. The first kappa shape index (κ1) is 37.7. The monoisotopic (exact) mass is 769 g/mol. The van der Waals surface area contributed by atoms with E-state index >= 15 is 0 Å². The number of anilines is 1. The number of benzene rings is 2. The molecule has 3 aliphatic heterocycles. The number of allylic oxidation sites excluding steroid dienone is 1. The van der Waals surface area contributed by atoms with Gasteiger partial charge in [0.05, 0.1) is 47.3 Å². The maximum Gasteiger partial charge on any atom is 0.306 e. The first-order valence-electron chi connectivity index (χ1n) is 17.1. The van der Waals surface area contributed by atoms with Gasteiger partial charge in [0.15, 0.2) is 0 Å². The Balaban J connectivity index is 1.54. The fourth-order valence-corrected chi connectivity index (χ4v) is 8.90. The van der Waals surface area contributed by atoms with E-state index in [1.54, 1.807) is 36.4 Å². The van der Waals surface area contributed by atoms with Crippen molar-refractivity contribution in [3.63, 3.8) is 0 Å². The minimum Gasteiger partial charge on any atom is -0.463 e. The van der Waals surface area contributed by atoms with E-state index in [2.05, 4.69) is 34.4 Å². The summed E-state index contributed by atoms with van der Waals surface area (Å²) in [5, 5.41) is 14.1. The van der Waals surface area contributed by atoms with Gasteiger partial charge in [-0.3, -0.25) is 19.2 Å². The second-order valence-electron chi connectivity index (χ2n) is 13.2. The Morgan fingerprint density at radius 3 is 2.52 bits per heavy atom. The highest BCUT2D eigenvalue weighted by Gasteiger charge is 2.77. The molecule has 1 spiro atoms. The van der Waals surface area contributed by atoms with Crippen LogP contribution in [0.3, 0.4) is 0 Å². The number of fused-ring (bicyclic) bond motifs is 1. The van der Waals surface area contributed by atoms with Crippen LogP contribution in [0.25, 0.3) is 0 Å². The van der Waals surface area contributed by atoms with Crippen LogP contribution in [0.5, 0.6) is 0 Å². The zero-order valence-electron chi connectivity index (χ0n) is 28.4. The van der Waals surface area contributed by atoms with Crippen LogP contribution in [0.2, 0.25) is 5.02 Å². The number of halogens is 2. The standard InChI is InChI=1S/C38H45BrClN3O7/c1-5-8-18-30(45)49-22-27(24-14-10-9-11-15-24)41-35(46)31-32-36(47)43(29(21-44)23(4)7-3)34(38(32)20-25(39)33(31)50-38)37(48)42(19-6-2)28-17-13-12-16-26(28)40/h5-6,9-17,23,25,27,29,31-34,44H,1-2,7-8,18-22H2,3-4H3,(H,41,46)/t23-,25?,27-,29-,31+,32-,33+,34+,38-/m0/s1. The van der Waals surface area contributed by atoms with Gasteiger partial charge in [0.25, 0.3) is 5.91 Å². The minimum absolute atomic E-state index is 0.102. The summed E-state index contributed by atoms with van der Waals surface area (Å²) in [5.41, 5.74) is -0.215. The second-order valence-corrected chi connectivity index (χ2v) is 14.8. The number of hydrogen-bond donors (Lipinski definition) is 2. The maximum absolute atomic E-state index is 15.0. The Morgan fingerprint density at radius 2 is 1.88 bits per heavy atom.